The van der Waals surface area contributed by atoms with Crippen LogP contribution >= 0.6 is 0 Å². The number of hydrogen-bond donors (Lipinski definition) is 0. The topological polar surface area (TPSA) is 29.5 Å². The fraction of sp³-hybridized carbons (Fsp3) is 0.857. The third-order valence-corrected chi connectivity index (χ3v) is 1.96. The minimum Gasteiger partial charge on any atom is -0.369 e. The van der Waals surface area contributed by atoms with Crippen molar-refractivity contribution in [3.63, 3.8) is 0 Å². The summed E-state index contributed by atoms with van der Waals surface area (Å²) in [5, 5.41) is 0. The Morgan fingerprint density at radius 2 is 2.20 bits per heavy atom. The van der Waals surface area contributed by atoms with Crippen molar-refractivity contribution in [3.8, 4) is 0 Å². The maximum absolute atomic E-state index is 11.0. The zero-order valence-corrected chi connectivity index (χ0v) is 6.68. The van der Waals surface area contributed by atoms with E-state index in [0.717, 1.165) is 0 Å². The van der Waals surface area contributed by atoms with Crippen LogP contribution in [0, 0.1) is 0 Å². The molecule has 0 N–H and O–H groups in total. The quantitative estimate of drug-likeness (QED) is 0.486. The van der Waals surface area contributed by atoms with Crippen LogP contribution in [0.4, 0.5) is 0 Å². The molecule has 0 aliphatic carbocycles. The van der Waals surface area contributed by atoms with Gasteiger partial charge >= 0.3 is 0 Å². The monoisotopic (exact) mass is 143 g/mol. The van der Waals surface area contributed by atoms with Crippen molar-refractivity contribution in [2.75, 3.05) is 20.3 Å². The largest absolute Gasteiger partial charge is 0.369 e. The van der Waals surface area contributed by atoms with Crippen LogP contribution in [-0.4, -0.2) is 36.6 Å². The molecular formula is C7H13NO2. The van der Waals surface area contributed by atoms with Crippen LogP contribution in [0.1, 0.15) is 13.8 Å². The van der Waals surface area contributed by atoms with E-state index in [1.54, 1.807) is 4.90 Å². The molecule has 0 bridgehead atoms. The maximum atomic E-state index is 11.0. The Morgan fingerprint density at radius 1 is 1.60 bits per heavy atom. The second-order valence-electron chi connectivity index (χ2n) is 3.26. The zero-order valence-electron chi connectivity index (χ0n) is 6.68. The number of hydrogen-bond acceptors (Lipinski definition) is 2. The normalized spacial score (nSPS) is 25.1. The zero-order chi connectivity index (χ0) is 7.78. The average molecular weight is 143 g/mol. The first-order valence-corrected chi connectivity index (χ1v) is 3.38. The number of morpholine rings is 1. The Hall–Kier alpha value is -0.570. The van der Waals surface area contributed by atoms with Gasteiger partial charge in [0.05, 0.1) is 12.1 Å². The Morgan fingerprint density at radius 3 is 2.60 bits per heavy atom. The van der Waals surface area contributed by atoms with Gasteiger partial charge in [-0.25, -0.2) is 0 Å². The second kappa shape index (κ2) is 2.23. The summed E-state index contributed by atoms with van der Waals surface area (Å²) in [6, 6.07) is 0. The molecule has 1 rings (SSSR count). The molecule has 58 valence electrons. The first-order valence-electron chi connectivity index (χ1n) is 3.38. The number of carbonyl (C=O) groups is 1. The van der Waals surface area contributed by atoms with E-state index in [4.69, 9.17) is 4.74 Å². The van der Waals surface area contributed by atoms with Gasteiger partial charge in [0.1, 0.15) is 6.61 Å². The van der Waals surface area contributed by atoms with Crippen molar-refractivity contribution in [2.45, 2.75) is 19.4 Å². The fourth-order valence-corrected chi connectivity index (χ4v) is 0.919. The molecule has 0 aromatic heterocycles. The van der Waals surface area contributed by atoms with Crippen LogP contribution in [0.3, 0.4) is 0 Å². The van der Waals surface area contributed by atoms with Crippen LogP contribution in [0.15, 0.2) is 0 Å². The van der Waals surface area contributed by atoms with Crippen LogP contribution in [0.5, 0.6) is 0 Å². The molecule has 0 atom stereocenters. The first kappa shape index (κ1) is 7.54. The van der Waals surface area contributed by atoms with E-state index in [1.165, 1.54) is 0 Å². The molecule has 0 spiro atoms. The molecule has 0 unspecified atom stereocenters. The van der Waals surface area contributed by atoms with Crippen molar-refractivity contribution >= 4 is 5.91 Å². The summed E-state index contributed by atoms with van der Waals surface area (Å²) >= 11 is 0. The molecule has 1 saturated heterocycles. The van der Waals surface area contributed by atoms with Crippen LogP contribution in [-0.2, 0) is 9.53 Å². The van der Waals surface area contributed by atoms with Crippen molar-refractivity contribution < 1.29 is 9.53 Å². The van der Waals surface area contributed by atoms with Crippen LogP contribution in [0.2, 0.25) is 0 Å². The summed E-state index contributed by atoms with van der Waals surface area (Å²) in [4.78, 5) is 12.7. The van der Waals surface area contributed by atoms with Gasteiger partial charge in [-0.1, -0.05) is 0 Å². The third kappa shape index (κ3) is 1.14. The van der Waals surface area contributed by atoms with Crippen LogP contribution in [0.25, 0.3) is 0 Å². The van der Waals surface area contributed by atoms with Gasteiger partial charge in [0.25, 0.3) is 0 Å². The highest BCUT2D eigenvalue weighted by Gasteiger charge is 2.31. The summed E-state index contributed by atoms with van der Waals surface area (Å²) in [6.07, 6.45) is 0. The second-order valence-corrected chi connectivity index (χ2v) is 3.26. The minimum absolute atomic E-state index is 0.0660. The molecule has 0 aromatic carbocycles. The lowest BCUT2D eigenvalue weighted by Crippen LogP contribution is -2.53. The molecule has 0 aromatic rings. The van der Waals surface area contributed by atoms with Gasteiger partial charge in [-0.2, -0.15) is 0 Å². The van der Waals surface area contributed by atoms with E-state index >= 15 is 0 Å². The van der Waals surface area contributed by atoms with Gasteiger partial charge in [-0.15, -0.1) is 0 Å². The van der Waals surface area contributed by atoms with Gasteiger partial charge in [-0.3, -0.25) is 4.79 Å². The van der Waals surface area contributed by atoms with Crippen molar-refractivity contribution in [1.82, 2.24) is 4.90 Å². The molecular weight excluding hydrogens is 130 g/mol. The predicted molar refractivity (Wildman–Crippen MR) is 37.7 cm³/mol. The molecule has 10 heavy (non-hydrogen) atoms. The molecule has 0 radical (unpaired) electrons. The molecule has 1 aliphatic heterocycles. The lowest BCUT2D eigenvalue weighted by Gasteiger charge is -2.39. The van der Waals surface area contributed by atoms with Gasteiger partial charge in [0.2, 0.25) is 5.91 Å². The van der Waals surface area contributed by atoms with Crippen molar-refractivity contribution in [3.05, 3.63) is 0 Å². The van der Waals surface area contributed by atoms with Gasteiger partial charge in [-0.05, 0) is 13.8 Å². The van der Waals surface area contributed by atoms with E-state index in [0.29, 0.717) is 6.61 Å². The number of rotatable bonds is 0. The van der Waals surface area contributed by atoms with E-state index < -0.39 is 0 Å². The molecule has 1 aliphatic rings. The Balaban J connectivity index is 2.69. The molecule has 1 amide bonds. The Labute approximate surface area is 61.0 Å². The molecule has 0 saturated carbocycles. The van der Waals surface area contributed by atoms with E-state index in [9.17, 15) is 4.79 Å². The molecule has 3 heteroatoms. The molecule has 3 nitrogen and oxygen atoms in total. The first-order chi connectivity index (χ1) is 4.54. The number of nitrogens with zero attached hydrogens (tertiary/aromatic N) is 1. The van der Waals surface area contributed by atoms with Gasteiger partial charge < -0.3 is 9.64 Å². The fourth-order valence-electron chi connectivity index (χ4n) is 0.919. The number of carbonyl (C=O) groups excluding carboxylic acids is 1. The number of ether oxygens (including phenoxy) is 1. The highest BCUT2D eigenvalue weighted by atomic mass is 16.5. The molecule has 1 fully saturated rings. The number of amides is 1. The highest BCUT2D eigenvalue weighted by Crippen LogP contribution is 2.16. The summed E-state index contributed by atoms with van der Waals surface area (Å²) in [5.74, 6) is 0.0660. The minimum atomic E-state index is -0.130. The summed E-state index contributed by atoms with van der Waals surface area (Å²) in [5.41, 5.74) is -0.130. The van der Waals surface area contributed by atoms with Crippen molar-refractivity contribution in [2.24, 2.45) is 0 Å². The van der Waals surface area contributed by atoms with Crippen LogP contribution < -0.4 is 0 Å². The van der Waals surface area contributed by atoms with Crippen molar-refractivity contribution in [1.29, 1.82) is 0 Å². The van der Waals surface area contributed by atoms with Gasteiger partial charge in [0.15, 0.2) is 0 Å². The summed E-state index contributed by atoms with van der Waals surface area (Å²) < 4.78 is 5.08. The predicted octanol–water partition coefficient (Wildman–Crippen LogP) is 0.254. The number of likely N-dealkylation sites (N-methyl/N-ethyl adjacent to an activating group) is 1. The van der Waals surface area contributed by atoms with Gasteiger partial charge in [0, 0.05) is 7.05 Å². The van der Waals surface area contributed by atoms with E-state index in [-0.39, 0.29) is 18.1 Å². The lowest BCUT2D eigenvalue weighted by atomic mass is 10.0. The highest BCUT2D eigenvalue weighted by molar-refractivity contribution is 5.78. The maximum Gasteiger partial charge on any atom is 0.248 e. The lowest BCUT2D eigenvalue weighted by molar-refractivity contribution is -0.152. The Kier molecular flexibility index (Phi) is 1.68. The Bertz CT molecular complexity index is 154. The van der Waals surface area contributed by atoms with E-state index in [2.05, 4.69) is 0 Å². The SMILES string of the molecule is CN1C(=O)COCC1(C)C. The average Bonchev–Trinajstić information content (AvgIpc) is 1.83. The molecule has 1 heterocycles. The van der Waals surface area contributed by atoms with E-state index in [1.807, 2.05) is 20.9 Å². The third-order valence-electron chi connectivity index (χ3n) is 1.96. The standard InChI is InChI=1S/C7H13NO2/c1-7(2)5-10-4-6(9)8(7)3/h4-5H2,1-3H3. The summed E-state index contributed by atoms with van der Waals surface area (Å²) in [6.45, 7) is 4.85. The smallest absolute Gasteiger partial charge is 0.248 e. The summed E-state index contributed by atoms with van der Waals surface area (Å²) in [7, 11) is 1.81.